The van der Waals surface area contributed by atoms with Crippen molar-refractivity contribution in [3.8, 4) is 11.3 Å². The van der Waals surface area contributed by atoms with Crippen LogP contribution in [0.3, 0.4) is 0 Å². The number of carbonyl (C=O) groups is 1. The zero-order valence-electron chi connectivity index (χ0n) is 13.2. The molecule has 0 radical (unpaired) electrons. The van der Waals surface area contributed by atoms with Crippen LogP contribution in [0.2, 0.25) is 5.02 Å². The van der Waals surface area contributed by atoms with E-state index in [2.05, 4.69) is 5.32 Å². The standard InChI is InChI=1S/C18H13ClN2O4/c1-11-5-6-14(15(9-11)21(23)24)20-18(22)17-8-7-16(25-17)12-3-2-4-13(19)10-12/h2-10H,1H3,(H,20,22). The van der Waals surface area contributed by atoms with Crippen LogP contribution >= 0.6 is 11.6 Å². The second-order valence-corrected chi connectivity index (χ2v) is 5.84. The number of nitro groups is 1. The van der Waals surface area contributed by atoms with Crippen molar-refractivity contribution in [1.82, 2.24) is 0 Å². The number of nitrogens with zero attached hydrogens (tertiary/aromatic N) is 1. The zero-order valence-corrected chi connectivity index (χ0v) is 13.9. The van der Waals surface area contributed by atoms with Gasteiger partial charge in [0, 0.05) is 16.7 Å². The lowest BCUT2D eigenvalue weighted by Gasteiger charge is -2.05. The number of amides is 1. The monoisotopic (exact) mass is 356 g/mol. The molecule has 3 rings (SSSR count). The Bertz CT molecular complexity index is 965. The molecule has 0 unspecified atom stereocenters. The summed E-state index contributed by atoms with van der Waals surface area (Å²) in [6.45, 7) is 1.74. The van der Waals surface area contributed by atoms with E-state index in [9.17, 15) is 14.9 Å². The van der Waals surface area contributed by atoms with Crippen LogP contribution in [0.1, 0.15) is 16.1 Å². The molecule has 0 spiro atoms. The van der Waals surface area contributed by atoms with Crippen LogP contribution in [0.4, 0.5) is 11.4 Å². The number of hydrogen-bond donors (Lipinski definition) is 1. The quantitative estimate of drug-likeness (QED) is 0.522. The molecule has 1 aromatic heterocycles. The van der Waals surface area contributed by atoms with E-state index in [1.165, 1.54) is 18.2 Å². The number of furan rings is 1. The Morgan fingerprint density at radius 2 is 1.96 bits per heavy atom. The maximum absolute atomic E-state index is 12.3. The first kappa shape index (κ1) is 16.7. The van der Waals surface area contributed by atoms with Crippen LogP contribution < -0.4 is 5.32 Å². The SMILES string of the molecule is Cc1ccc(NC(=O)c2ccc(-c3cccc(Cl)c3)o2)c([N+](=O)[O-])c1. The van der Waals surface area contributed by atoms with Crippen molar-refractivity contribution in [1.29, 1.82) is 0 Å². The molecule has 6 nitrogen and oxygen atoms in total. The maximum Gasteiger partial charge on any atom is 0.293 e. The molecule has 0 aliphatic rings. The van der Waals surface area contributed by atoms with Gasteiger partial charge < -0.3 is 9.73 Å². The molecule has 1 amide bonds. The maximum atomic E-state index is 12.3. The minimum atomic E-state index is -0.569. The van der Waals surface area contributed by atoms with Gasteiger partial charge in [0.2, 0.25) is 0 Å². The van der Waals surface area contributed by atoms with Gasteiger partial charge in [0.05, 0.1) is 4.92 Å². The first-order valence-electron chi connectivity index (χ1n) is 7.36. The van der Waals surface area contributed by atoms with Gasteiger partial charge in [-0.25, -0.2) is 0 Å². The van der Waals surface area contributed by atoms with Crippen LogP contribution in [0.25, 0.3) is 11.3 Å². The Labute approximate surface area is 148 Å². The van der Waals surface area contributed by atoms with E-state index < -0.39 is 10.8 Å². The number of nitro benzene ring substituents is 1. The van der Waals surface area contributed by atoms with E-state index in [-0.39, 0.29) is 17.1 Å². The predicted octanol–water partition coefficient (Wildman–Crippen LogP) is 5.07. The number of anilines is 1. The minimum absolute atomic E-state index is 0.0462. The van der Waals surface area contributed by atoms with Gasteiger partial charge in [-0.1, -0.05) is 29.8 Å². The topological polar surface area (TPSA) is 85.4 Å². The highest BCUT2D eigenvalue weighted by Gasteiger charge is 2.19. The number of aryl methyl sites for hydroxylation is 1. The Morgan fingerprint density at radius 3 is 2.68 bits per heavy atom. The lowest BCUT2D eigenvalue weighted by atomic mass is 10.2. The van der Waals surface area contributed by atoms with E-state index in [1.54, 1.807) is 43.3 Å². The highest BCUT2D eigenvalue weighted by Crippen LogP contribution is 2.28. The third kappa shape index (κ3) is 3.70. The molecule has 1 heterocycles. The van der Waals surface area contributed by atoms with E-state index in [0.717, 1.165) is 11.1 Å². The van der Waals surface area contributed by atoms with Crippen molar-refractivity contribution in [2.45, 2.75) is 6.92 Å². The van der Waals surface area contributed by atoms with Crippen LogP contribution in [0.5, 0.6) is 0 Å². The lowest BCUT2D eigenvalue weighted by molar-refractivity contribution is -0.384. The minimum Gasteiger partial charge on any atom is -0.451 e. The Kier molecular flexibility index (Phi) is 4.54. The average Bonchev–Trinajstić information content (AvgIpc) is 3.06. The molecule has 7 heteroatoms. The van der Waals surface area contributed by atoms with Crippen molar-refractivity contribution in [2.75, 3.05) is 5.32 Å². The molecule has 25 heavy (non-hydrogen) atoms. The van der Waals surface area contributed by atoms with Gasteiger partial charge in [-0.3, -0.25) is 14.9 Å². The van der Waals surface area contributed by atoms with Gasteiger partial charge in [0.15, 0.2) is 5.76 Å². The van der Waals surface area contributed by atoms with E-state index in [1.807, 2.05) is 0 Å². The summed E-state index contributed by atoms with van der Waals surface area (Å²) in [6.07, 6.45) is 0. The number of carbonyl (C=O) groups excluding carboxylic acids is 1. The summed E-state index contributed by atoms with van der Waals surface area (Å²) >= 11 is 5.95. The summed E-state index contributed by atoms with van der Waals surface area (Å²) in [5.41, 5.74) is 1.40. The van der Waals surface area contributed by atoms with Gasteiger partial charge in [0.25, 0.3) is 11.6 Å². The largest absolute Gasteiger partial charge is 0.451 e. The molecule has 2 aromatic carbocycles. The van der Waals surface area contributed by atoms with Crippen LogP contribution in [0.15, 0.2) is 59.0 Å². The van der Waals surface area contributed by atoms with Crippen LogP contribution in [0, 0.1) is 17.0 Å². The second kappa shape index (κ2) is 6.78. The van der Waals surface area contributed by atoms with E-state index in [4.69, 9.17) is 16.0 Å². The van der Waals surface area contributed by atoms with E-state index >= 15 is 0 Å². The van der Waals surface area contributed by atoms with Gasteiger partial charge in [-0.2, -0.15) is 0 Å². The molecule has 126 valence electrons. The van der Waals surface area contributed by atoms with Gasteiger partial charge in [-0.15, -0.1) is 0 Å². The summed E-state index contributed by atoms with van der Waals surface area (Å²) < 4.78 is 5.54. The van der Waals surface area contributed by atoms with Crippen LogP contribution in [-0.4, -0.2) is 10.8 Å². The van der Waals surface area contributed by atoms with Crippen molar-refractivity contribution in [2.24, 2.45) is 0 Å². The van der Waals surface area contributed by atoms with Gasteiger partial charge >= 0.3 is 0 Å². The molecule has 0 saturated heterocycles. The zero-order chi connectivity index (χ0) is 18.0. The number of rotatable bonds is 4. The Morgan fingerprint density at radius 1 is 1.16 bits per heavy atom. The highest BCUT2D eigenvalue weighted by molar-refractivity contribution is 6.30. The summed E-state index contributed by atoms with van der Waals surface area (Å²) in [5.74, 6) is -0.0452. The fourth-order valence-corrected chi connectivity index (χ4v) is 2.53. The van der Waals surface area contributed by atoms with Crippen molar-refractivity contribution >= 4 is 28.9 Å². The third-order valence-corrected chi connectivity index (χ3v) is 3.77. The van der Waals surface area contributed by atoms with Gasteiger partial charge in [-0.05, 0) is 42.8 Å². The molecule has 0 atom stereocenters. The molecule has 0 fully saturated rings. The first-order chi connectivity index (χ1) is 11.9. The molecule has 3 aromatic rings. The molecule has 0 bridgehead atoms. The summed E-state index contributed by atoms with van der Waals surface area (Å²) in [6, 6.07) is 14.7. The third-order valence-electron chi connectivity index (χ3n) is 3.54. The summed E-state index contributed by atoms with van der Waals surface area (Å²) in [5, 5.41) is 14.2. The first-order valence-corrected chi connectivity index (χ1v) is 7.74. The Hall–Kier alpha value is -3.12. The van der Waals surface area contributed by atoms with Crippen molar-refractivity contribution < 1.29 is 14.1 Å². The van der Waals surface area contributed by atoms with E-state index in [0.29, 0.717) is 10.8 Å². The smallest absolute Gasteiger partial charge is 0.293 e. The highest BCUT2D eigenvalue weighted by atomic mass is 35.5. The van der Waals surface area contributed by atoms with Crippen molar-refractivity contribution in [3.05, 3.63) is 81.1 Å². The number of hydrogen-bond acceptors (Lipinski definition) is 4. The lowest BCUT2D eigenvalue weighted by Crippen LogP contribution is -2.12. The molecular weight excluding hydrogens is 344 g/mol. The number of halogens is 1. The molecule has 0 aliphatic heterocycles. The summed E-state index contributed by atoms with van der Waals surface area (Å²) in [7, 11) is 0. The molecule has 0 aliphatic carbocycles. The molecule has 1 N–H and O–H groups in total. The van der Waals surface area contributed by atoms with Crippen molar-refractivity contribution in [3.63, 3.8) is 0 Å². The van der Waals surface area contributed by atoms with Gasteiger partial charge in [0.1, 0.15) is 11.4 Å². The molecule has 0 saturated carbocycles. The predicted molar refractivity (Wildman–Crippen MR) is 94.9 cm³/mol. The summed E-state index contributed by atoms with van der Waals surface area (Å²) in [4.78, 5) is 22.9. The fourth-order valence-electron chi connectivity index (χ4n) is 2.34. The number of nitrogens with one attached hydrogen (secondary N) is 1. The average molecular weight is 357 g/mol. The normalized spacial score (nSPS) is 10.5. The molecular formula is C18H13ClN2O4. The van der Waals surface area contributed by atoms with Crippen LogP contribution in [-0.2, 0) is 0 Å². The number of benzene rings is 2. The Balaban J connectivity index is 1.85. The second-order valence-electron chi connectivity index (χ2n) is 5.41. The fraction of sp³-hybridized carbons (Fsp3) is 0.0556.